The highest BCUT2D eigenvalue weighted by atomic mass is 16.5. The highest BCUT2D eigenvalue weighted by Crippen LogP contribution is 2.08. The van der Waals surface area contributed by atoms with Crippen LogP contribution in [0.4, 0.5) is 0 Å². The van der Waals surface area contributed by atoms with Crippen molar-refractivity contribution in [1.82, 2.24) is 4.90 Å². The average Bonchev–Trinajstić information content (AvgIpc) is 2.06. The first kappa shape index (κ1) is 9.96. The fourth-order valence-electron chi connectivity index (χ4n) is 1.69. The predicted molar refractivity (Wildman–Crippen MR) is 48.2 cm³/mol. The molecular weight excluding hydrogens is 154 g/mol. The van der Waals surface area contributed by atoms with E-state index in [0.29, 0.717) is 6.61 Å². The Bertz CT molecular complexity index is 113. The van der Waals surface area contributed by atoms with E-state index < -0.39 is 0 Å². The molecule has 1 saturated heterocycles. The van der Waals surface area contributed by atoms with Crippen LogP contribution in [0.3, 0.4) is 0 Å². The van der Waals surface area contributed by atoms with E-state index in [1.54, 1.807) is 7.11 Å². The van der Waals surface area contributed by atoms with E-state index in [9.17, 15) is 5.11 Å². The van der Waals surface area contributed by atoms with Gasteiger partial charge in [-0.15, -0.1) is 0 Å². The number of methoxy groups -OCH3 is 1. The summed E-state index contributed by atoms with van der Waals surface area (Å²) in [7, 11) is 1.62. The number of hydrogen-bond acceptors (Lipinski definition) is 3. The number of hydrogen-bond donors (Lipinski definition) is 1. The van der Waals surface area contributed by atoms with Crippen molar-refractivity contribution < 1.29 is 9.84 Å². The summed E-state index contributed by atoms with van der Waals surface area (Å²) >= 11 is 0. The predicted octanol–water partition coefficient (Wildman–Crippen LogP) is 0.480. The fourth-order valence-corrected chi connectivity index (χ4v) is 1.69. The summed E-state index contributed by atoms with van der Waals surface area (Å²) < 4.78 is 4.87. The SMILES string of the molecule is COC[C@@H](O)CN1CCCCC1. The van der Waals surface area contributed by atoms with Crippen LogP contribution in [0.25, 0.3) is 0 Å². The van der Waals surface area contributed by atoms with E-state index >= 15 is 0 Å². The summed E-state index contributed by atoms with van der Waals surface area (Å²) in [6.45, 7) is 3.51. The minimum absolute atomic E-state index is 0.312. The second-order valence-corrected chi connectivity index (χ2v) is 3.47. The lowest BCUT2D eigenvalue weighted by Gasteiger charge is -2.28. The van der Waals surface area contributed by atoms with Crippen molar-refractivity contribution in [2.45, 2.75) is 25.4 Å². The molecule has 1 aliphatic rings. The topological polar surface area (TPSA) is 32.7 Å². The molecule has 3 nitrogen and oxygen atoms in total. The molecule has 0 unspecified atom stereocenters. The molecule has 3 heteroatoms. The number of ether oxygens (including phenoxy) is 1. The van der Waals surface area contributed by atoms with E-state index in [4.69, 9.17) is 4.74 Å². The number of aliphatic hydroxyl groups is 1. The van der Waals surface area contributed by atoms with Crippen LogP contribution in [0.15, 0.2) is 0 Å². The van der Waals surface area contributed by atoms with Crippen LogP contribution in [0, 0.1) is 0 Å². The third kappa shape index (κ3) is 3.52. The molecule has 1 aliphatic heterocycles. The lowest BCUT2D eigenvalue weighted by molar-refractivity contribution is 0.0335. The van der Waals surface area contributed by atoms with E-state index in [-0.39, 0.29) is 6.10 Å². The number of rotatable bonds is 4. The Morgan fingerprint density at radius 3 is 2.58 bits per heavy atom. The van der Waals surface area contributed by atoms with Crippen molar-refractivity contribution >= 4 is 0 Å². The van der Waals surface area contributed by atoms with Gasteiger partial charge < -0.3 is 14.7 Å². The smallest absolute Gasteiger partial charge is 0.0900 e. The van der Waals surface area contributed by atoms with Crippen molar-refractivity contribution in [2.75, 3.05) is 33.4 Å². The zero-order valence-electron chi connectivity index (χ0n) is 7.83. The van der Waals surface area contributed by atoms with Gasteiger partial charge >= 0.3 is 0 Å². The molecule has 72 valence electrons. The lowest BCUT2D eigenvalue weighted by atomic mass is 10.1. The van der Waals surface area contributed by atoms with Gasteiger partial charge in [0, 0.05) is 13.7 Å². The van der Waals surface area contributed by atoms with Gasteiger partial charge in [-0.05, 0) is 25.9 Å². The normalized spacial score (nSPS) is 22.5. The summed E-state index contributed by atoms with van der Waals surface area (Å²) in [6, 6.07) is 0. The first-order chi connectivity index (χ1) is 5.83. The quantitative estimate of drug-likeness (QED) is 0.671. The van der Waals surface area contributed by atoms with E-state index in [1.165, 1.54) is 19.3 Å². The van der Waals surface area contributed by atoms with Gasteiger partial charge in [-0.2, -0.15) is 0 Å². The second kappa shape index (κ2) is 5.51. The van der Waals surface area contributed by atoms with Crippen LogP contribution >= 0.6 is 0 Å². The third-order valence-corrected chi connectivity index (χ3v) is 2.28. The molecule has 1 atom stereocenters. The van der Waals surface area contributed by atoms with Crippen LogP contribution in [-0.2, 0) is 4.74 Å². The number of likely N-dealkylation sites (tertiary alicyclic amines) is 1. The van der Waals surface area contributed by atoms with Crippen LogP contribution in [0.5, 0.6) is 0 Å². The Hall–Kier alpha value is -0.120. The van der Waals surface area contributed by atoms with Crippen LogP contribution in [-0.4, -0.2) is 49.5 Å². The summed E-state index contributed by atoms with van der Waals surface area (Å²) in [5, 5.41) is 9.43. The Morgan fingerprint density at radius 2 is 2.00 bits per heavy atom. The van der Waals surface area contributed by atoms with Gasteiger partial charge in [0.15, 0.2) is 0 Å². The molecule has 1 N–H and O–H groups in total. The van der Waals surface area contributed by atoms with Gasteiger partial charge in [0.25, 0.3) is 0 Å². The van der Waals surface area contributed by atoms with Crippen molar-refractivity contribution in [2.24, 2.45) is 0 Å². The molecular formula is C9H19NO2. The molecule has 0 spiro atoms. The highest BCUT2D eigenvalue weighted by molar-refractivity contribution is 4.68. The van der Waals surface area contributed by atoms with Gasteiger partial charge in [-0.25, -0.2) is 0 Å². The van der Waals surface area contributed by atoms with Crippen molar-refractivity contribution in [3.8, 4) is 0 Å². The summed E-state index contributed by atoms with van der Waals surface area (Å²) in [6.07, 6.45) is 3.59. The Balaban J connectivity index is 2.11. The van der Waals surface area contributed by atoms with Crippen LogP contribution in [0.1, 0.15) is 19.3 Å². The minimum atomic E-state index is -0.312. The zero-order valence-corrected chi connectivity index (χ0v) is 7.83. The molecule has 0 radical (unpaired) electrons. The number of β-amino-alcohol motifs (C(OH)–C–C–N with tert-alkyl or cyclic N) is 1. The Labute approximate surface area is 74.3 Å². The van der Waals surface area contributed by atoms with Crippen LogP contribution in [0.2, 0.25) is 0 Å². The Morgan fingerprint density at radius 1 is 1.33 bits per heavy atom. The number of aliphatic hydroxyl groups excluding tert-OH is 1. The molecule has 0 bridgehead atoms. The van der Waals surface area contributed by atoms with Crippen molar-refractivity contribution in [3.63, 3.8) is 0 Å². The van der Waals surface area contributed by atoms with Crippen molar-refractivity contribution in [1.29, 1.82) is 0 Å². The largest absolute Gasteiger partial charge is 0.389 e. The molecule has 0 aliphatic carbocycles. The van der Waals surface area contributed by atoms with Gasteiger partial charge in [0.05, 0.1) is 12.7 Å². The minimum Gasteiger partial charge on any atom is -0.389 e. The second-order valence-electron chi connectivity index (χ2n) is 3.47. The molecule has 1 rings (SSSR count). The van der Waals surface area contributed by atoms with Gasteiger partial charge in [0.2, 0.25) is 0 Å². The van der Waals surface area contributed by atoms with Crippen molar-refractivity contribution in [3.05, 3.63) is 0 Å². The summed E-state index contributed by atoms with van der Waals surface area (Å²) in [5.74, 6) is 0. The maximum Gasteiger partial charge on any atom is 0.0900 e. The number of piperidine rings is 1. The molecule has 0 aromatic heterocycles. The van der Waals surface area contributed by atoms with E-state index in [2.05, 4.69) is 4.90 Å². The van der Waals surface area contributed by atoms with Gasteiger partial charge in [-0.1, -0.05) is 6.42 Å². The third-order valence-electron chi connectivity index (χ3n) is 2.28. The maximum atomic E-state index is 9.43. The van der Waals surface area contributed by atoms with E-state index in [0.717, 1.165) is 19.6 Å². The average molecular weight is 173 g/mol. The fraction of sp³-hybridized carbons (Fsp3) is 1.00. The van der Waals surface area contributed by atoms with Gasteiger partial charge in [-0.3, -0.25) is 0 Å². The first-order valence-electron chi connectivity index (χ1n) is 4.72. The Kier molecular flexibility index (Phi) is 4.58. The molecule has 0 saturated carbocycles. The van der Waals surface area contributed by atoms with E-state index in [1.807, 2.05) is 0 Å². The lowest BCUT2D eigenvalue weighted by Crippen LogP contribution is -2.37. The molecule has 0 aromatic rings. The molecule has 0 amide bonds. The maximum absolute atomic E-state index is 9.43. The monoisotopic (exact) mass is 173 g/mol. The molecule has 1 heterocycles. The first-order valence-corrected chi connectivity index (χ1v) is 4.72. The zero-order chi connectivity index (χ0) is 8.81. The van der Waals surface area contributed by atoms with Gasteiger partial charge in [0.1, 0.15) is 0 Å². The summed E-state index contributed by atoms with van der Waals surface area (Å²) in [4.78, 5) is 2.31. The number of nitrogens with zero attached hydrogens (tertiary/aromatic N) is 1. The molecule has 1 fully saturated rings. The highest BCUT2D eigenvalue weighted by Gasteiger charge is 2.13. The molecule has 12 heavy (non-hydrogen) atoms. The standard InChI is InChI=1S/C9H19NO2/c1-12-8-9(11)7-10-5-3-2-4-6-10/h9,11H,2-8H2,1H3/t9-/m0/s1. The van der Waals surface area contributed by atoms with Crippen LogP contribution < -0.4 is 0 Å². The summed E-state index contributed by atoms with van der Waals surface area (Å²) in [5.41, 5.74) is 0. The molecule has 0 aromatic carbocycles.